The van der Waals surface area contributed by atoms with E-state index in [1.54, 1.807) is 35.5 Å². The summed E-state index contributed by atoms with van der Waals surface area (Å²) in [7, 11) is 0. The molecule has 5 nitrogen and oxygen atoms in total. The number of amides is 1. The van der Waals surface area contributed by atoms with Gasteiger partial charge in [0, 0.05) is 31.0 Å². The minimum absolute atomic E-state index is 0.00249. The normalized spacial score (nSPS) is 14.0. The molecule has 6 heteroatoms. The van der Waals surface area contributed by atoms with Crippen molar-refractivity contribution >= 4 is 11.9 Å². The predicted molar refractivity (Wildman–Crippen MR) is 97.2 cm³/mol. The molecule has 0 saturated carbocycles. The molecule has 1 saturated heterocycles. The number of hydrogen-bond acceptors (Lipinski definition) is 4. The van der Waals surface area contributed by atoms with Crippen molar-refractivity contribution in [2.75, 3.05) is 18.4 Å². The molecular formula is C20H17FN4O. The number of nitrogens with zero attached hydrogens (tertiary/aromatic N) is 3. The third kappa shape index (κ3) is 3.39. The molecule has 1 aliphatic rings. The fourth-order valence-corrected chi connectivity index (χ4v) is 2.92. The molecule has 0 spiro atoms. The van der Waals surface area contributed by atoms with Crippen molar-refractivity contribution in [3.63, 3.8) is 0 Å². The van der Waals surface area contributed by atoms with Crippen LogP contribution in [-0.4, -0.2) is 39.9 Å². The van der Waals surface area contributed by atoms with Gasteiger partial charge in [0.15, 0.2) is 0 Å². The summed E-state index contributed by atoms with van der Waals surface area (Å²) >= 11 is 0. The van der Waals surface area contributed by atoms with Crippen molar-refractivity contribution in [3.8, 4) is 11.1 Å². The van der Waals surface area contributed by atoms with E-state index in [1.165, 1.54) is 12.1 Å². The van der Waals surface area contributed by atoms with Crippen molar-refractivity contribution < 1.29 is 9.18 Å². The van der Waals surface area contributed by atoms with Gasteiger partial charge in [-0.05, 0) is 41.5 Å². The Bertz CT molecular complexity index is 891. The molecule has 1 fully saturated rings. The van der Waals surface area contributed by atoms with Gasteiger partial charge < -0.3 is 10.2 Å². The highest BCUT2D eigenvalue weighted by Crippen LogP contribution is 2.22. The Kier molecular flexibility index (Phi) is 4.31. The second-order valence-electron chi connectivity index (χ2n) is 6.21. The van der Waals surface area contributed by atoms with Crippen LogP contribution in [0.15, 0.2) is 67.0 Å². The van der Waals surface area contributed by atoms with E-state index in [9.17, 15) is 9.18 Å². The van der Waals surface area contributed by atoms with Crippen molar-refractivity contribution in [3.05, 3.63) is 78.4 Å². The number of halogens is 1. The first-order valence-electron chi connectivity index (χ1n) is 8.38. The van der Waals surface area contributed by atoms with Crippen molar-refractivity contribution in [2.24, 2.45) is 0 Å². The van der Waals surface area contributed by atoms with Crippen LogP contribution in [0.25, 0.3) is 11.1 Å². The Balaban J connectivity index is 1.36. The van der Waals surface area contributed by atoms with Crippen molar-refractivity contribution in [1.82, 2.24) is 14.9 Å². The average molecular weight is 348 g/mol. The SMILES string of the molecule is O=C(c1ccc(-c2ccc(F)cc2)cc1)N1CC(Nc2ncccn2)C1. The molecule has 3 aromatic rings. The van der Waals surface area contributed by atoms with Gasteiger partial charge in [-0.3, -0.25) is 4.79 Å². The number of carbonyl (C=O) groups excluding carboxylic acids is 1. The van der Waals surface area contributed by atoms with Gasteiger partial charge in [0.2, 0.25) is 5.95 Å². The molecule has 130 valence electrons. The number of nitrogens with one attached hydrogen (secondary N) is 1. The van der Waals surface area contributed by atoms with Crippen LogP contribution in [0.3, 0.4) is 0 Å². The van der Waals surface area contributed by atoms with Gasteiger partial charge in [-0.1, -0.05) is 24.3 Å². The third-order valence-electron chi connectivity index (χ3n) is 4.38. The number of likely N-dealkylation sites (tertiary alicyclic amines) is 1. The van der Waals surface area contributed by atoms with Crippen LogP contribution < -0.4 is 5.32 Å². The van der Waals surface area contributed by atoms with Gasteiger partial charge in [-0.15, -0.1) is 0 Å². The molecule has 0 aliphatic carbocycles. The predicted octanol–water partition coefficient (Wildman–Crippen LogP) is 3.22. The zero-order chi connectivity index (χ0) is 17.9. The van der Waals surface area contributed by atoms with Gasteiger partial charge in [-0.2, -0.15) is 0 Å². The van der Waals surface area contributed by atoms with E-state index < -0.39 is 0 Å². The van der Waals surface area contributed by atoms with E-state index in [0.717, 1.165) is 11.1 Å². The highest BCUT2D eigenvalue weighted by atomic mass is 19.1. The van der Waals surface area contributed by atoms with Gasteiger partial charge in [0.25, 0.3) is 5.91 Å². The minimum atomic E-state index is -0.262. The number of anilines is 1. The average Bonchev–Trinajstić information content (AvgIpc) is 2.65. The molecule has 4 rings (SSSR count). The summed E-state index contributed by atoms with van der Waals surface area (Å²) in [5, 5.41) is 3.20. The van der Waals surface area contributed by atoms with Crippen LogP contribution in [0.4, 0.5) is 10.3 Å². The lowest BCUT2D eigenvalue weighted by molar-refractivity contribution is 0.0624. The Morgan fingerprint density at radius 2 is 1.54 bits per heavy atom. The first kappa shape index (κ1) is 16.2. The van der Waals surface area contributed by atoms with Crippen LogP contribution >= 0.6 is 0 Å². The lowest BCUT2D eigenvalue weighted by atomic mass is 10.0. The first-order chi connectivity index (χ1) is 12.7. The van der Waals surface area contributed by atoms with Crippen molar-refractivity contribution in [2.45, 2.75) is 6.04 Å². The standard InChI is InChI=1S/C20H17FN4O/c21-17-8-6-15(7-9-17)14-2-4-16(5-3-14)19(26)25-12-18(13-25)24-20-22-10-1-11-23-20/h1-11,18H,12-13H2,(H,22,23,24). The highest BCUT2D eigenvalue weighted by molar-refractivity contribution is 5.95. The molecule has 0 radical (unpaired) electrons. The van der Waals surface area contributed by atoms with Crippen LogP contribution in [0, 0.1) is 5.82 Å². The molecule has 0 bridgehead atoms. The number of aromatic nitrogens is 2. The van der Waals surface area contributed by atoms with E-state index in [2.05, 4.69) is 15.3 Å². The molecule has 0 unspecified atom stereocenters. The van der Waals surface area contributed by atoms with Crippen LogP contribution in [0.2, 0.25) is 0 Å². The van der Waals surface area contributed by atoms with Crippen LogP contribution in [0.5, 0.6) is 0 Å². The molecule has 1 amide bonds. The maximum absolute atomic E-state index is 13.0. The maximum Gasteiger partial charge on any atom is 0.253 e. The lowest BCUT2D eigenvalue weighted by Gasteiger charge is -2.39. The monoisotopic (exact) mass is 348 g/mol. The zero-order valence-electron chi connectivity index (χ0n) is 14.0. The first-order valence-corrected chi connectivity index (χ1v) is 8.38. The quantitative estimate of drug-likeness (QED) is 0.786. The summed E-state index contributed by atoms with van der Waals surface area (Å²) in [6.45, 7) is 1.24. The topological polar surface area (TPSA) is 58.1 Å². The Hall–Kier alpha value is -3.28. The summed E-state index contributed by atoms with van der Waals surface area (Å²) in [6.07, 6.45) is 3.36. The van der Waals surface area contributed by atoms with Crippen LogP contribution in [0.1, 0.15) is 10.4 Å². The van der Waals surface area contributed by atoms with Crippen molar-refractivity contribution in [1.29, 1.82) is 0 Å². The molecule has 2 aromatic carbocycles. The van der Waals surface area contributed by atoms with Gasteiger partial charge in [-0.25, -0.2) is 14.4 Å². The van der Waals surface area contributed by atoms with Gasteiger partial charge in [0.1, 0.15) is 5.82 Å². The van der Waals surface area contributed by atoms with E-state index in [-0.39, 0.29) is 17.8 Å². The second kappa shape index (κ2) is 6.92. The summed E-state index contributed by atoms with van der Waals surface area (Å²) in [4.78, 5) is 22.6. The zero-order valence-corrected chi connectivity index (χ0v) is 14.0. The molecule has 0 atom stereocenters. The summed E-state index contributed by atoms with van der Waals surface area (Å²) in [5.41, 5.74) is 2.51. The molecule has 1 N–H and O–H groups in total. The molecular weight excluding hydrogens is 331 g/mol. The third-order valence-corrected chi connectivity index (χ3v) is 4.38. The summed E-state index contributed by atoms with van der Waals surface area (Å²) in [5.74, 6) is 0.318. The Morgan fingerprint density at radius 3 is 2.15 bits per heavy atom. The van der Waals surface area contributed by atoms with E-state index in [4.69, 9.17) is 0 Å². The fourth-order valence-electron chi connectivity index (χ4n) is 2.92. The van der Waals surface area contributed by atoms with Crippen LogP contribution in [-0.2, 0) is 0 Å². The van der Waals surface area contributed by atoms with Gasteiger partial charge in [0.05, 0.1) is 6.04 Å². The van der Waals surface area contributed by atoms with E-state index in [0.29, 0.717) is 24.6 Å². The fraction of sp³-hybridized carbons (Fsp3) is 0.150. The number of carbonyl (C=O) groups is 1. The smallest absolute Gasteiger partial charge is 0.253 e. The highest BCUT2D eigenvalue weighted by Gasteiger charge is 2.31. The second-order valence-corrected chi connectivity index (χ2v) is 6.21. The summed E-state index contributed by atoms with van der Waals surface area (Å²) in [6, 6.07) is 15.6. The molecule has 1 aliphatic heterocycles. The Morgan fingerprint density at radius 1 is 0.962 bits per heavy atom. The summed E-state index contributed by atoms with van der Waals surface area (Å²) < 4.78 is 13.0. The van der Waals surface area contributed by atoms with E-state index >= 15 is 0 Å². The number of rotatable bonds is 4. The molecule has 2 heterocycles. The van der Waals surface area contributed by atoms with Gasteiger partial charge >= 0.3 is 0 Å². The number of benzene rings is 2. The molecule has 1 aromatic heterocycles. The minimum Gasteiger partial charge on any atom is -0.348 e. The maximum atomic E-state index is 13.0. The lowest BCUT2D eigenvalue weighted by Crippen LogP contribution is -2.57. The Labute approximate surface area is 150 Å². The molecule has 26 heavy (non-hydrogen) atoms. The number of hydrogen-bond donors (Lipinski definition) is 1. The largest absolute Gasteiger partial charge is 0.348 e. The van der Waals surface area contributed by atoms with E-state index in [1.807, 2.05) is 24.3 Å².